The van der Waals surface area contributed by atoms with E-state index in [9.17, 15) is 23.9 Å². The zero-order chi connectivity index (χ0) is 24.3. The van der Waals surface area contributed by atoms with Crippen LogP contribution in [-0.4, -0.2) is 57.1 Å². The Balaban J connectivity index is -0.000000926. The van der Waals surface area contributed by atoms with Crippen molar-refractivity contribution in [3.8, 4) is 12.8 Å². The molecule has 12 nitrogen and oxygen atoms in total. The van der Waals surface area contributed by atoms with Crippen molar-refractivity contribution >= 4 is 17.9 Å². The van der Waals surface area contributed by atoms with Gasteiger partial charge in [0.15, 0.2) is 11.9 Å². The third-order valence-electron chi connectivity index (χ3n) is 2.67. The number of aromatic nitrogens is 2. The quantitative estimate of drug-likeness (QED) is 0.300. The van der Waals surface area contributed by atoms with Crippen LogP contribution < -0.4 is 22.1 Å². The molecule has 0 aromatic carbocycles. The monoisotopic (exact) mass is 434 g/mol. The lowest BCUT2D eigenvalue weighted by Gasteiger charge is -2.16. The molecule has 0 saturated carbocycles. The van der Waals surface area contributed by atoms with Gasteiger partial charge < -0.3 is 36.8 Å². The number of amides is 3. The number of carboxylic acid groups (broad SMARTS) is 1. The predicted octanol–water partition coefficient (Wildman–Crippen LogP) is -0.171. The lowest BCUT2D eigenvalue weighted by atomic mass is 10.2. The van der Waals surface area contributed by atoms with Gasteiger partial charge >= 0.3 is 12.0 Å². The number of rotatable bonds is 8. The fourth-order valence-corrected chi connectivity index (χ4v) is 1.54. The first-order valence-corrected chi connectivity index (χ1v) is 8.83. The Bertz CT molecular complexity index is 637. The number of urea groups is 1. The van der Waals surface area contributed by atoms with Crippen LogP contribution in [0.3, 0.4) is 0 Å². The van der Waals surface area contributed by atoms with Gasteiger partial charge in [0, 0.05) is 6.42 Å². The molecule has 0 saturated heterocycles. The second-order valence-corrected chi connectivity index (χ2v) is 4.97. The Morgan fingerprint density at radius 3 is 2.20 bits per heavy atom. The molecule has 13 heteroatoms. The molecule has 1 heterocycles. The summed E-state index contributed by atoms with van der Waals surface area (Å²) in [4.78, 5) is 37.0. The molecule has 3 amide bonds. The van der Waals surface area contributed by atoms with Crippen LogP contribution in [0.2, 0.25) is 0 Å². The standard InChI is InChI=1S/C11H18N6O6.C2H5F.C2H6.C2H2/c1-4(18)8(10(20)21)16-11(22)14-3-7-15-9(17-23-7)5(12)2-6(13)19;1-2-3;2*1-2/h4-5,8,18H,2-3,12H2,1H3,(H2,13,19)(H,20,21)(H2,14,16,22);2H2,1H3;1-2H3;1-2H/t4?,5-,8?;;;/m0.../s1. The number of carbonyl (C=O) groups excluding carboxylic acids is 2. The molecular formula is C17H31FN6O6. The van der Waals surface area contributed by atoms with E-state index in [0.717, 1.165) is 0 Å². The van der Waals surface area contributed by atoms with Crippen LogP contribution in [0, 0.1) is 12.8 Å². The Morgan fingerprint density at radius 2 is 1.80 bits per heavy atom. The average molecular weight is 434 g/mol. The van der Waals surface area contributed by atoms with E-state index in [1.165, 1.54) is 13.8 Å². The highest BCUT2D eigenvalue weighted by Crippen LogP contribution is 2.09. The van der Waals surface area contributed by atoms with Gasteiger partial charge in [-0.1, -0.05) is 19.0 Å². The van der Waals surface area contributed by atoms with Gasteiger partial charge in [0.1, 0.15) is 0 Å². The summed E-state index contributed by atoms with van der Waals surface area (Å²) in [5.41, 5.74) is 10.6. The largest absolute Gasteiger partial charge is 0.480 e. The van der Waals surface area contributed by atoms with E-state index in [-0.39, 0.29) is 31.4 Å². The minimum Gasteiger partial charge on any atom is -0.480 e. The maximum absolute atomic E-state index is 11.5. The molecule has 30 heavy (non-hydrogen) atoms. The highest BCUT2D eigenvalue weighted by atomic mass is 19.1. The Hall–Kier alpha value is -3.24. The third kappa shape index (κ3) is 14.8. The summed E-state index contributed by atoms with van der Waals surface area (Å²) in [5.74, 6) is -1.96. The smallest absolute Gasteiger partial charge is 0.328 e. The summed E-state index contributed by atoms with van der Waals surface area (Å²) in [5, 5.41) is 25.9. The number of aliphatic carboxylic acids is 1. The molecular weight excluding hydrogens is 403 g/mol. The maximum atomic E-state index is 11.5. The number of terminal acetylenes is 1. The predicted molar refractivity (Wildman–Crippen MR) is 106 cm³/mol. The van der Waals surface area contributed by atoms with Crippen molar-refractivity contribution in [3.63, 3.8) is 0 Å². The number of hydrogen-bond donors (Lipinski definition) is 6. The zero-order valence-electron chi connectivity index (χ0n) is 17.5. The molecule has 0 aliphatic heterocycles. The topological polar surface area (TPSA) is 207 Å². The van der Waals surface area contributed by atoms with E-state index in [2.05, 4.69) is 33.6 Å². The number of nitrogens with one attached hydrogen (secondary N) is 2. The zero-order valence-corrected chi connectivity index (χ0v) is 17.5. The van der Waals surface area contributed by atoms with Gasteiger partial charge in [-0.25, -0.2) is 9.59 Å². The van der Waals surface area contributed by atoms with Crippen molar-refractivity contribution in [2.75, 3.05) is 6.67 Å². The molecule has 172 valence electrons. The van der Waals surface area contributed by atoms with Crippen molar-refractivity contribution in [1.29, 1.82) is 0 Å². The molecule has 1 rings (SSSR count). The number of nitrogens with two attached hydrogens (primary N) is 2. The van der Waals surface area contributed by atoms with E-state index in [0.29, 0.717) is 0 Å². The molecule has 0 bridgehead atoms. The third-order valence-corrected chi connectivity index (χ3v) is 2.67. The highest BCUT2D eigenvalue weighted by molar-refractivity contribution is 5.82. The lowest BCUT2D eigenvalue weighted by Crippen LogP contribution is -2.51. The minimum absolute atomic E-state index is 0.000933. The van der Waals surface area contributed by atoms with Crippen molar-refractivity contribution in [2.45, 2.75) is 58.8 Å². The molecule has 1 aromatic heterocycles. The SMILES string of the molecule is C#C.CC.CC(O)C(NC(=O)NCc1nc([C@@H](N)CC(N)=O)no1)C(=O)O.CCF. The van der Waals surface area contributed by atoms with Crippen molar-refractivity contribution in [3.05, 3.63) is 11.7 Å². The Kier molecular flexibility index (Phi) is 20.0. The summed E-state index contributed by atoms with van der Waals surface area (Å²) in [6.45, 7) is 6.23. The van der Waals surface area contributed by atoms with Gasteiger partial charge in [-0.15, -0.1) is 12.8 Å². The van der Waals surface area contributed by atoms with Crippen molar-refractivity contribution in [2.24, 2.45) is 11.5 Å². The Labute approximate surface area is 174 Å². The van der Waals surface area contributed by atoms with E-state index in [1.54, 1.807) is 0 Å². The second-order valence-electron chi connectivity index (χ2n) is 4.97. The first-order valence-electron chi connectivity index (χ1n) is 8.83. The van der Waals surface area contributed by atoms with Crippen LogP contribution in [0.1, 0.15) is 51.9 Å². The number of alkyl halides is 1. The molecule has 0 fully saturated rings. The summed E-state index contributed by atoms with van der Waals surface area (Å²) in [6.07, 6.45) is 6.56. The maximum Gasteiger partial charge on any atom is 0.328 e. The Morgan fingerprint density at radius 1 is 1.30 bits per heavy atom. The fraction of sp³-hybridized carbons (Fsp3) is 0.588. The van der Waals surface area contributed by atoms with Gasteiger partial charge in [-0.3, -0.25) is 9.18 Å². The van der Waals surface area contributed by atoms with Crippen LogP contribution in [0.5, 0.6) is 0 Å². The van der Waals surface area contributed by atoms with E-state index in [1.807, 2.05) is 13.8 Å². The number of hydrogen-bond acceptors (Lipinski definition) is 8. The van der Waals surface area contributed by atoms with E-state index in [4.69, 9.17) is 21.1 Å². The average Bonchev–Trinajstić information content (AvgIpc) is 3.16. The normalized spacial score (nSPS) is 12.0. The van der Waals surface area contributed by atoms with Crippen LogP contribution in [0.4, 0.5) is 9.18 Å². The van der Waals surface area contributed by atoms with Gasteiger partial charge in [0.05, 0.1) is 25.4 Å². The van der Waals surface area contributed by atoms with Crippen LogP contribution in [-0.2, 0) is 16.1 Å². The molecule has 2 unspecified atom stereocenters. The number of aliphatic hydroxyl groups excluding tert-OH is 1. The summed E-state index contributed by atoms with van der Waals surface area (Å²) in [7, 11) is 0. The summed E-state index contributed by atoms with van der Waals surface area (Å²) < 4.78 is 15.1. The van der Waals surface area contributed by atoms with Crippen LogP contribution >= 0.6 is 0 Å². The first-order chi connectivity index (χ1) is 14.1. The van der Waals surface area contributed by atoms with Crippen molar-refractivity contribution in [1.82, 2.24) is 20.8 Å². The van der Waals surface area contributed by atoms with Gasteiger partial charge in [0.2, 0.25) is 11.8 Å². The van der Waals surface area contributed by atoms with E-state index >= 15 is 0 Å². The molecule has 0 radical (unpaired) electrons. The van der Waals surface area contributed by atoms with Gasteiger partial charge in [-0.05, 0) is 13.8 Å². The number of primary amides is 1. The molecule has 0 spiro atoms. The number of carboxylic acids is 1. The molecule has 1 aromatic rings. The van der Waals surface area contributed by atoms with Gasteiger partial charge in [0.25, 0.3) is 0 Å². The first kappa shape index (κ1) is 31.5. The second kappa shape index (κ2) is 19.1. The van der Waals surface area contributed by atoms with Gasteiger partial charge in [-0.2, -0.15) is 4.98 Å². The fourth-order valence-electron chi connectivity index (χ4n) is 1.54. The lowest BCUT2D eigenvalue weighted by molar-refractivity contribution is -0.141. The number of aliphatic hydroxyl groups is 1. The molecule has 8 N–H and O–H groups in total. The number of halogens is 1. The van der Waals surface area contributed by atoms with Crippen LogP contribution in [0.15, 0.2) is 4.52 Å². The molecule has 0 aliphatic rings. The highest BCUT2D eigenvalue weighted by Gasteiger charge is 2.25. The number of nitrogens with zero attached hydrogens (tertiary/aromatic N) is 2. The molecule has 3 atom stereocenters. The minimum atomic E-state index is -1.46. The van der Waals surface area contributed by atoms with Crippen molar-refractivity contribution < 1.29 is 33.5 Å². The van der Waals surface area contributed by atoms with E-state index < -0.39 is 36.1 Å². The summed E-state index contributed by atoms with van der Waals surface area (Å²) in [6, 6.07) is -3.14. The number of carbonyl (C=O) groups is 3. The molecule has 0 aliphatic carbocycles. The summed E-state index contributed by atoms with van der Waals surface area (Å²) >= 11 is 0. The van der Waals surface area contributed by atoms with Crippen LogP contribution in [0.25, 0.3) is 0 Å².